The minimum absolute atomic E-state index is 0.0537. The Kier molecular flexibility index (Phi) is 6.97. The normalized spacial score (nSPS) is 15.6. The lowest BCUT2D eigenvalue weighted by Gasteiger charge is -2.23. The van der Waals surface area contributed by atoms with Crippen molar-refractivity contribution in [2.75, 3.05) is 19.6 Å². The molecule has 1 aromatic carbocycles. The number of hydrogen-bond donors (Lipinski definition) is 1. The first kappa shape index (κ1) is 19.7. The van der Waals surface area contributed by atoms with Crippen LogP contribution in [0.5, 0.6) is 0 Å². The molecule has 0 unspecified atom stereocenters. The van der Waals surface area contributed by atoms with E-state index in [1.807, 2.05) is 37.3 Å². The number of carbonyl (C=O) groups excluding carboxylic acids is 3. The summed E-state index contributed by atoms with van der Waals surface area (Å²) in [4.78, 5) is 50.3. The van der Waals surface area contributed by atoms with Crippen LogP contribution >= 0.6 is 11.8 Å². The Morgan fingerprint density at radius 2 is 1.88 bits per heavy atom. The third-order valence-electron chi connectivity index (χ3n) is 3.71. The van der Waals surface area contributed by atoms with Crippen LogP contribution < -0.4 is 0 Å². The van der Waals surface area contributed by atoms with Gasteiger partial charge in [-0.15, -0.1) is 0 Å². The predicted octanol–water partition coefficient (Wildman–Crippen LogP) is 2.44. The summed E-state index contributed by atoms with van der Waals surface area (Å²) >= 11 is 0.796. The van der Waals surface area contributed by atoms with Gasteiger partial charge in [0.25, 0.3) is 11.1 Å². The van der Waals surface area contributed by atoms with Crippen molar-refractivity contribution in [3.63, 3.8) is 0 Å². The highest BCUT2D eigenvalue weighted by atomic mass is 32.2. The molecule has 0 radical (unpaired) electrons. The Bertz CT molecular complexity index is 732. The van der Waals surface area contributed by atoms with E-state index in [2.05, 4.69) is 0 Å². The van der Waals surface area contributed by atoms with Gasteiger partial charge in [0.05, 0.1) is 11.3 Å². The van der Waals surface area contributed by atoms with E-state index in [1.54, 1.807) is 6.08 Å². The maximum Gasteiger partial charge on any atom is 0.305 e. The molecule has 1 saturated heterocycles. The second-order valence-electron chi connectivity index (χ2n) is 5.70. The van der Waals surface area contributed by atoms with Gasteiger partial charge in [-0.3, -0.25) is 24.1 Å². The maximum atomic E-state index is 12.5. The average Bonchev–Trinajstić information content (AvgIpc) is 2.86. The van der Waals surface area contributed by atoms with E-state index in [4.69, 9.17) is 5.11 Å². The molecule has 8 heteroatoms. The van der Waals surface area contributed by atoms with Crippen LogP contribution in [0.25, 0.3) is 6.08 Å². The Morgan fingerprint density at radius 3 is 2.50 bits per heavy atom. The molecule has 1 fully saturated rings. The van der Waals surface area contributed by atoms with Crippen molar-refractivity contribution in [2.45, 2.75) is 19.8 Å². The van der Waals surface area contributed by atoms with Gasteiger partial charge in [-0.25, -0.2) is 0 Å². The van der Waals surface area contributed by atoms with Crippen LogP contribution in [-0.2, 0) is 14.4 Å². The smallest absolute Gasteiger partial charge is 0.305 e. The molecule has 0 bridgehead atoms. The summed E-state index contributed by atoms with van der Waals surface area (Å²) in [5.74, 6) is -1.95. The third kappa shape index (κ3) is 5.19. The molecular weight excluding hydrogens is 356 g/mol. The SMILES string of the molecule is CCCN(CCC(=O)O)C(=O)CN1C(=O)S/C(=C/c2ccccc2)C1=O. The van der Waals surface area contributed by atoms with E-state index >= 15 is 0 Å². The number of benzene rings is 1. The first-order valence-electron chi connectivity index (χ1n) is 8.22. The summed E-state index contributed by atoms with van der Waals surface area (Å²) in [7, 11) is 0. The zero-order valence-electron chi connectivity index (χ0n) is 14.4. The van der Waals surface area contributed by atoms with E-state index in [1.165, 1.54) is 4.90 Å². The van der Waals surface area contributed by atoms with E-state index in [0.717, 1.165) is 22.2 Å². The molecule has 0 aromatic heterocycles. The maximum absolute atomic E-state index is 12.5. The average molecular weight is 376 g/mol. The molecule has 0 spiro atoms. The molecule has 2 rings (SSSR count). The second kappa shape index (κ2) is 9.19. The van der Waals surface area contributed by atoms with Crippen molar-refractivity contribution in [3.8, 4) is 0 Å². The summed E-state index contributed by atoms with van der Waals surface area (Å²) in [6, 6.07) is 9.12. The van der Waals surface area contributed by atoms with Gasteiger partial charge < -0.3 is 10.0 Å². The zero-order valence-corrected chi connectivity index (χ0v) is 15.2. The number of nitrogens with zero attached hydrogens (tertiary/aromatic N) is 2. The van der Waals surface area contributed by atoms with Crippen LogP contribution in [0, 0.1) is 0 Å². The molecular formula is C18H20N2O5S. The Labute approximate surface area is 155 Å². The lowest BCUT2D eigenvalue weighted by atomic mass is 10.2. The number of aliphatic carboxylic acids is 1. The minimum atomic E-state index is -1.00. The predicted molar refractivity (Wildman–Crippen MR) is 98.2 cm³/mol. The van der Waals surface area contributed by atoms with Crippen LogP contribution in [0.15, 0.2) is 35.2 Å². The van der Waals surface area contributed by atoms with Crippen LogP contribution in [0.2, 0.25) is 0 Å². The van der Waals surface area contributed by atoms with Crippen molar-refractivity contribution < 1.29 is 24.3 Å². The fraction of sp³-hybridized carbons (Fsp3) is 0.333. The van der Waals surface area contributed by atoms with Crippen molar-refractivity contribution in [3.05, 3.63) is 40.8 Å². The summed E-state index contributed by atoms with van der Waals surface area (Å²) in [5.41, 5.74) is 0.790. The van der Waals surface area contributed by atoms with Gasteiger partial charge in [-0.05, 0) is 29.8 Å². The van der Waals surface area contributed by atoms with E-state index < -0.39 is 23.0 Å². The molecule has 1 aromatic rings. The standard InChI is InChI=1S/C18H20N2O5S/c1-2-9-19(10-8-16(22)23)15(21)12-20-17(24)14(26-18(20)25)11-13-6-4-3-5-7-13/h3-7,11H,2,8-10,12H2,1H3,(H,22,23)/b14-11+. The number of rotatable bonds is 8. The Hall–Kier alpha value is -2.61. The largest absolute Gasteiger partial charge is 0.481 e. The van der Waals surface area contributed by atoms with Gasteiger partial charge in [0.15, 0.2) is 0 Å². The summed E-state index contributed by atoms with van der Waals surface area (Å²) in [6.07, 6.45) is 2.09. The van der Waals surface area contributed by atoms with Gasteiger partial charge in [-0.2, -0.15) is 0 Å². The first-order chi connectivity index (χ1) is 12.4. The zero-order chi connectivity index (χ0) is 19.1. The molecule has 1 heterocycles. The number of amides is 3. The van der Waals surface area contributed by atoms with Crippen molar-refractivity contribution >= 4 is 40.9 Å². The molecule has 0 aliphatic carbocycles. The van der Waals surface area contributed by atoms with Crippen LogP contribution in [0.4, 0.5) is 4.79 Å². The van der Waals surface area contributed by atoms with Gasteiger partial charge >= 0.3 is 5.97 Å². The highest BCUT2D eigenvalue weighted by Crippen LogP contribution is 2.32. The highest BCUT2D eigenvalue weighted by Gasteiger charge is 2.37. The fourth-order valence-electron chi connectivity index (χ4n) is 2.43. The van der Waals surface area contributed by atoms with Gasteiger partial charge in [0.1, 0.15) is 6.54 Å². The summed E-state index contributed by atoms with van der Waals surface area (Å²) < 4.78 is 0. The van der Waals surface area contributed by atoms with Crippen molar-refractivity contribution in [2.24, 2.45) is 0 Å². The number of hydrogen-bond acceptors (Lipinski definition) is 5. The molecule has 138 valence electrons. The molecule has 0 atom stereocenters. The van der Waals surface area contributed by atoms with Gasteiger partial charge in [-0.1, -0.05) is 37.3 Å². The van der Waals surface area contributed by atoms with Crippen LogP contribution in [-0.4, -0.2) is 57.6 Å². The van der Waals surface area contributed by atoms with Crippen LogP contribution in [0.1, 0.15) is 25.3 Å². The lowest BCUT2D eigenvalue weighted by Crippen LogP contribution is -2.43. The Balaban J connectivity index is 2.07. The monoisotopic (exact) mass is 376 g/mol. The minimum Gasteiger partial charge on any atom is -0.481 e. The van der Waals surface area contributed by atoms with Crippen LogP contribution in [0.3, 0.4) is 0 Å². The third-order valence-corrected chi connectivity index (χ3v) is 4.61. The summed E-state index contributed by atoms with van der Waals surface area (Å²) in [6.45, 7) is 1.92. The van der Waals surface area contributed by atoms with Crippen molar-refractivity contribution in [1.82, 2.24) is 9.80 Å². The molecule has 3 amide bonds. The first-order valence-corrected chi connectivity index (χ1v) is 9.04. The number of thioether (sulfide) groups is 1. The van der Waals surface area contributed by atoms with Gasteiger partial charge in [0, 0.05) is 13.1 Å². The summed E-state index contributed by atoms with van der Waals surface area (Å²) in [5, 5.41) is 8.29. The molecule has 7 nitrogen and oxygen atoms in total. The quantitative estimate of drug-likeness (QED) is 0.700. The molecule has 26 heavy (non-hydrogen) atoms. The molecule has 1 N–H and O–H groups in total. The van der Waals surface area contributed by atoms with Gasteiger partial charge in [0.2, 0.25) is 5.91 Å². The number of imide groups is 1. The molecule has 1 aliphatic heterocycles. The molecule has 0 saturated carbocycles. The number of carbonyl (C=O) groups is 4. The fourth-order valence-corrected chi connectivity index (χ4v) is 3.27. The Morgan fingerprint density at radius 1 is 1.19 bits per heavy atom. The number of carboxylic acid groups (broad SMARTS) is 1. The van der Waals surface area contributed by atoms with E-state index in [9.17, 15) is 19.2 Å². The second-order valence-corrected chi connectivity index (χ2v) is 6.70. The molecule has 1 aliphatic rings. The number of carboxylic acids is 1. The van der Waals surface area contributed by atoms with E-state index in [-0.39, 0.29) is 24.4 Å². The lowest BCUT2D eigenvalue weighted by molar-refractivity contribution is -0.140. The topological polar surface area (TPSA) is 95.0 Å². The highest BCUT2D eigenvalue weighted by molar-refractivity contribution is 8.18. The van der Waals surface area contributed by atoms with Crippen molar-refractivity contribution in [1.29, 1.82) is 0 Å². The van der Waals surface area contributed by atoms with E-state index in [0.29, 0.717) is 13.0 Å².